The van der Waals surface area contributed by atoms with E-state index in [4.69, 9.17) is 51.1 Å². The second-order valence-corrected chi connectivity index (χ2v) is 5.96. The molecule has 0 aliphatic rings. The first-order valence-corrected chi connectivity index (χ1v) is 7.82. The lowest BCUT2D eigenvalue weighted by atomic mass is 10.2. The smallest absolute Gasteiger partial charge is 0.156 e. The van der Waals surface area contributed by atoms with Crippen LogP contribution in [0.2, 0.25) is 20.1 Å². The predicted octanol–water partition coefficient (Wildman–Crippen LogP) is 6.31. The fourth-order valence-electron chi connectivity index (χ4n) is 1.83. The van der Waals surface area contributed by atoms with E-state index < -0.39 is 0 Å². The molecule has 0 saturated carbocycles. The largest absolute Gasteiger partial charge is 0.491 e. The summed E-state index contributed by atoms with van der Waals surface area (Å²) in [7, 11) is 0. The molecule has 0 heterocycles. The Bertz CT molecular complexity index is 623. The van der Waals surface area contributed by atoms with Gasteiger partial charge in [0, 0.05) is 11.6 Å². The normalized spacial score (nSPS) is 10.5. The van der Waals surface area contributed by atoms with Gasteiger partial charge < -0.3 is 10.1 Å². The van der Waals surface area contributed by atoms with Crippen LogP contribution >= 0.6 is 46.4 Å². The van der Waals surface area contributed by atoms with Gasteiger partial charge in [-0.15, -0.1) is 0 Å². The number of nitrogens with one attached hydrogen (secondary N) is 1. The monoisotopic (exact) mass is 363 g/mol. The molecule has 1 N–H and O–H groups in total. The number of hydrogen-bond acceptors (Lipinski definition) is 2. The second kappa shape index (κ2) is 7.46. The van der Waals surface area contributed by atoms with Gasteiger partial charge in [-0.2, -0.15) is 0 Å². The Labute approximate surface area is 143 Å². The fourth-order valence-corrected chi connectivity index (χ4v) is 2.82. The van der Waals surface area contributed by atoms with Crippen LogP contribution in [-0.2, 0) is 6.54 Å². The SMILES string of the molecule is CCOc1c(Cl)cc(CNc2cc(Cl)ccc2Cl)cc1Cl. The molecule has 112 valence electrons. The third-order valence-corrected chi connectivity index (χ3v) is 3.88. The Kier molecular flexibility index (Phi) is 5.88. The van der Waals surface area contributed by atoms with Crippen molar-refractivity contribution in [1.29, 1.82) is 0 Å². The predicted molar refractivity (Wildman–Crippen MR) is 91.4 cm³/mol. The molecule has 0 fully saturated rings. The van der Waals surface area contributed by atoms with Crippen molar-refractivity contribution in [3.8, 4) is 5.75 Å². The van der Waals surface area contributed by atoms with Crippen molar-refractivity contribution in [3.05, 3.63) is 56.0 Å². The van der Waals surface area contributed by atoms with Crippen molar-refractivity contribution in [2.75, 3.05) is 11.9 Å². The number of rotatable bonds is 5. The van der Waals surface area contributed by atoms with Gasteiger partial charge in [-0.3, -0.25) is 0 Å². The van der Waals surface area contributed by atoms with E-state index in [1.807, 2.05) is 19.1 Å². The molecule has 6 heteroatoms. The van der Waals surface area contributed by atoms with Gasteiger partial charge in [-0.05, 0) is 42.8 Å². The molecule has 2 aromatic carbocycles. The van der Waals surface area contributed by atoms with E-state index in [0.717, 1.165) is 11.3 Å². The lowest BCUT2D eigenvalue weighted by molar-refractivity contribution is 0.340. The van der Waals surface area contributed by atoms with Gasteiger partial charge in [0.1, 0.15) is 0 Å². The zero-order valence-electron chi connectivity index (χ0n) is 11.2. The Morgan fingerprint density at radius 1 is 0.952 bits per heavy atom. The average molecular weight is 365 g/mol. The highest BCUT2D eigenvalue weighted by molar-refractivity contribution is 6.37. The first kappa shape index (κ1) is 16.6. The van der Waals surface area contributed by atoms with Gasteiger partial charge in [0.25, 0.3) is 0 Å². The van der Waals surface area contributed by atoms with E-state index in [9.17, 15) is 0 Å². The maximum Gasteiger partial charge on any atom is 0.156 e. The Hall–Kier alpha value is -0.800. The van der Waals surface area contributed by atoms with Crippen molar-refractivity contribution in [3.63, 3.8) is 0 Å². The topological polar surface area (TPSA) is 21.3 Å². The van der Waals surface area contributed by atoms with Crippen molar-refractivity contribution in [1.82, 2.24) is 0 Å². The van der Waals surface area contributed by atoms with Crippen LogP contribution in [0.25, 0.3) is 0 Å². The van der Waals surface area contributed by atoms with Crippen LogP contribution < -0.4 is 10.1 Å². The van der Waals surface area contributed by atoms with E-state index >= 15 is 0 Å². The summed E-state index contributed by atoms with van der Waals surface area (Å²) in [5.41, 5.74) is 1.68. The minimum atomic E-state index is 0.485. The molecule has 0 spiro atoms. The standard InChI is InChI=1S/C15H13Cl4NO/c1-2-21-15-12(18)5-9(6-13(15)19)8-20-14-7-10(16)3-4-11(14)17/h3-7,20H,2,8H2,1H3. The van der Waals surface area contributed by atoms with Crippen molar-refractivity contribution in [2.45, 2.75) is 13.5 Å². The molecule has 2 rings (SSSR count). The molecular formula is C15H13Cl4NO. The first-order valence-electron chi connectivity index (χ1n) is 6.31. The summed E-state index contributed by atoms with van der Waals surface area (Å²) in [4.78, 5) is 0. The molecule has 0 radical (unpaired) electrons. The molecule has 0 saturated heterocycles. The lowest BCUT2D eigenvalue weighted by Crippen LogP contribution is -2.01. The maximum atomic E-state index is 6.17. The van der Waals surface area contributed by atoms with Gasteiger partial charge in [-0.25, -0.2) is 0 Å². The quantitative estimate of drug-likeness (QED) is 0.670. The highest BCUT2D eigenvalue weighted by Crippen LogP contribution is 2.34. The molecular weight excluding hydrogens is 352 g/mol. The van der Waals surface area contributed by atoms with Crippen LogP contribution in [-0.4, -0.2) is 6.61 Å². The maximum absolute atomic E-state index is 6.17. The number of ether oxygens (including phenoxy) is 1. The summed E-state index contributed by atoms with van der Waals surface area (Å²) in [5, 5.41) is 5.39. The lowest BCUT2D eigenvalue weighted by Gasteiger charge is -2.12. The van der Waals surface area contributed by atoms with E-state index in [1.165, 1.54) is 0 Å². The second-order valence-electron chi connectivity index (χ2n) is 4.30. The Morgan fingerprint density at radius 3 is 2.24 bits per heavy atom. The summed E-state index contributed by atoms with van der Waals surface area (Å²) < 4.78 is 5.40. The molecule has 0 atom stereocenters. The molecule has 21 heavy (non-hydrogen) atoms. The van der Waals surface area contributed by atoms with Gasteiger partial charge in [0.15, 0.2) is 5.75 Å². The van der Waals surface area contributed by atoms with Crippen LogP contribution in [0.15, 0.2) is 30.3 Å². The van der Waals surface area contributed by atoms with E-state index in [0.29, 0.717) is 39.0 Å². The van der Waals surface area contributed by atoms with Crippen molar-refractivity contribution >= 4 is 52.1 Å². The zero-order chi connectivity index (χ0) is 15.4. The van der Waals surface area contributed by atoms with E-state index in [1.54, 1.807) is 18.2 Å². The third-order valence-electron chi connectivity index (χ3n) is 2.76. The number of anilines is 1. The minimum absolute atomic E-state index is 0.485. The molecule has 0 aliphatic heterocycles. The Balaban J connectivity index is 2.15. The highest BCUT2D eigenvalue weighted by atomic mass is 35.5. The number of hydrogen-bond donors (Lipinski definition) is 1. The molecule has 2 aromatic rings. The van der Waals surface area contributed by atoms with Crippen LogP contribution in [0.1, 0.15) is 12.5 Å². The van der Waals surface area contributed by atoms with E-state index in [-0.39, 0.29) is 0 Å². The van der Waals surface area contributed by atoms with Crippen LogP contribution in [0.5, 0.6) is 5.75 Å². The molecule has 0 bridgehead atoms. The molecule has 2 nitrogen and oxygen atoms in total. The summed E-state index contributed by atoms with van der Waals surface area (Å²) >= 11 is 24.4. The summed E-state index contributed by atoms with van der Waals surface area (Å²) in [6, 6.07) is 8.86. The average Bonchev–Trinajstić information content (AvgIpc) is 2.44. The van der Waals surface area contributed by atoms with Crippen LogP contribution in [0, 0.1) is 0 Å². The van der Waals surface area contributed by atoms with Gasteiger partial charge in [0.2, 0.25) is 0 Å². The number of halogens is 4. The molecule has 0 amide bonds. The molecule has 0 unspecified atom stereocenters. The van der Waals surface area contributed by atoms with Gasteiger partial charge >= 0.3 is 0 Å². The van der Waals surface area contributed by atoms with Crippen LogP contribution in [0.3, 0.4) is 0 Å². The highest BCUT2D eigenvalue weighted by Gasteiger charge is 2.10. The number of benzene rings is 2. The Morgan fingerprint density at radius 2 is 1.62 bits per heavy atom. The van der Waals surface area contributed by atoms with E-state index in [2.05, 4.69) is 5.32 Å². The van der Waals surface area contributed by atoms with Crippen molar-refractivity contribution in [2.24, 2.45) is 0 Å². The fraction of sp³-hybridized carbons (Fsp3) is 0.200. The van der Waals surface area contributed by atoms with Gasteiger partial charge in [-0.1, -0.05) is 46.4 Å². The molecule has 0 aromatic heterocycles. The zero-order valence-corrected chi connectivity index (χ0v) is 14.2. The third kappa shape index (κ3) is 4.33. The molecule has 0 aliphatic carbocycles. The van der Waals surface area contributed by atoms with Crippen LogP contribution in [0.4, 0.5) is 5.69 Å². The first-order chi connectivity index (χ1) is 10.0. The van der Waals surface area contributed by atoms with Gasteiger partial charge in [0.05, 0.1) is 27.4 Å². The minimum Gasteiger partial charge on any atom is -0.491 e. The van der Waals surface area contributed by atoms with Crippen molar-refractivity contribution < 1.29 is 4.74 Å². The summed E-state index contributed by atoms with van der Waals surface area (Å²) in [6.07, 6.45) is 0. The summed E-state index contributed by atoms with van der Waals surface area (Å²) in [5.74, 6) is 0.505. The summed E-state index contributed by atoms with van der Waals surface area (Å²) in [6.45, 7) is 2.91.